The minimum absolute atomic E-state index is 0.258. The van der Waals surface area contributed by atoms with Crippen LogP contribution in [0.15, 0.2) is 22.7 Å². The zero-order chi connectivity index (χ0) is 13.7. The van der Waals surface area contributed by atoms with Gasteiger partial charge in [0.15, 0.2) is 0 Å². The van der Waals surface area contributed by atoms with Crippen molar-refractivity contribution in [2.75, 3.05) is 18.8 Å². The number of nitrogens with two attached hydrogens (primary N) is 2. The molecule has 0 spiro atoms. The van der Waals surface area contributed by atoms with Crippen LogP contribution in [-0.2, 0) is 11.3 Å². The number of benzene rings is 1. The Morgan fingerprint density at radius 2 is 2.11 bits per heavy atom. The van der Waals surface area contributed by atoms with Gasteiger partial charge in [0.25, 0.3) is 0 Å². The predicted molar refractivity (Wildman–Crippen MR) is 77.9 cm³/mol. The Labute approximate surface area is 116 Å². The third-order valence-electron chi connectivity index (χ3n) is 2.50. The van der Waals surface area contributed by atoms with Crippen molar-refractivity contribution < 1.29 is 4.79 Å². The van der Waals surface area contributed by atoms with E-state index in [9.17, 15) is 4.79 Å². The smallest absolute Gasteiger partial charge is 0.231 e. The third-order valence-corrected chi connectivity index (χ3v) is 3.00. The maximum absolute atomic E-state index is 11.1. The van der Waals surface area contributed by atoms with Gasteiger partial charge in [0.1, 0.15) is 0 Å². The largest absolute Gasteiger partial charge is 0.398 e. The summed E-state index contributed by atoms with van der Waals surface area (Å²) in [5, 5.41) is 0. The monoisotopic (exact) mass is 313 g/mol. The molecule has 0 aliphatic carbocycles. The zero-order valence-corrected chi connectivity index (χ0v) is 12.4. The highest BCUT2D eigenvalue weighted by Crippen LogP contribution is 2.20. The van der Waals surface area contributed by atoms with Crippen molar-refractivity contribution in [2.24, 2.45) is 11.7 Å². The molecular formula is C13H20BrN3O. The van der Waals surface area contributed by atoms with Gasteiger partial charge in [-0.25, -0.2) is 0 Å². The molecule has 0 aliphatic rings. The van der Waals surface area contributed by atoms with Crippen LogP contribution >= 0.6 is 15.9 Å². The number of carbonyl (C=O) groups excluding carboxylic acids is 1. The molecule has 0 fully saturated rings. The first-order valence-corrected chi connectivity index (χ1v) is 6.72. The van der Waals surface area contributed by atoms with Gasteiger partial charge in [-0.1, -0.05) is 35.8 Å². The van der Waals surface area contributed by atoms with Crippen LogP contribution in [0, 0.1) is 5.92 Å². The van der Waals surface area contributed by atoms with Crippen molar-refractivity contribution in [1.29, 1.82) is 0 Å². The molecule has 1 aromatic carbocycles. The summed E-state index contributed by atoms with van der Waals surface area (Å²) in [7, 11) is 0. The number of nitrogens with zero attached hydrogens (tertiary/aromatic N) is 1. The molecule has 0 aromatic heterocycles. The molecule has 0 radical (unpaired) electrons. The van der Waals surface area contributed by atoms with Crippen LogP contribution in [0.1, 0.15) is 19.4 Å². The Bertz CT molecular complexity index is 421. The van der Waals surface area contributed by atoms with Gasteiger partial charge in [-0.3, -0.25) is 9.69 Å². The van der Waals surface area contributed by atoms with E-state index in [4.69, 9.17) is 11.5 Å². The summed E-state index contributed by atoms with van der Waals surface area (Å²) in [6.45, 7) is 5.93. The minimum Gasteiger partial charge on any atom is -0.398 e. The van der Waals surface area contributed by atoms with E-state index < -0.39 is 0 Å². The number of rotatable bonds is 6. The normalized spacial score (nSPS) is 11.2. The first-order valence-electron chi connectivity index (χ1n) is 5.93. The Balaban J connectivity index is 2.78. The number of amides is 1. The fourth-order valence-corrected chi connectivity index (χ4v) is 2.25. The highest BCUT2D eigenvalue weighted by molar-refractivity contribution is 9.10. The van der Waals surface area contributed by atoms with Crippen molar-refractivity contribution in [3.63, 3.8) is 0 Å². The second-order valence-corrected chi connectivity index (χ2v) is 5.79. The van der Waals surface area contributed by atoms with Crippen molar-refractivity contribution in [1.82, 2.24) is 4.90 Å². The van der Waals surface area contributed by atoms with Gasteiger partial charge in [0.05, 0.1) is 6.54 Å². The number of carbonyl (C=O) groups is 1. The van der Waals surface area contributed by atoms with Gasteiger partial charge in [-0.15, -0.1) is 0 Å². The maximum Gasteiger partial charge on any atom is 0.231 e. The molecule has 100 valence electrons. The quantitative estimate of drug-likeness (QED) is 0.789. The van der Waals surface area contributed by atoms with Gasteiger partial charge in [0, 0.05) is 23.2 Å². The standard InChI is InChI=1S/C13H20BrN3O/c1-9(2)6-17(8-13(16)18)7-10-3-4-11(14)5-12(10)15/h3-5,9H,6-8,15H2,1-2H3,(H2,16,18). The third kappa shape index (κ3) is 5.06. The highest BCUT2D eigenvalue weighted by Gasteiger charge is 2.12. The van der Waals surface area contributed by atoms with Crippen LogP contribution in [-0.4, -0.2) is 23.9 Å². The molecule has 0 saturated heterocycles. The van der Waals surface area contributed by atoms with Gasteiger partial charge in [-0.2, -0.15) is 0 Å². The Hall–Kier alpha value is -1.07. The lowest BCUT2D eigenvalue weighted by atomic mass is 10.1. The Morgan fingerprint density at radius 1 is 1.44 bits per heavy atom. The molecule has 4 N–H and O–H groups in total. The molecule has 0 heterocycles. The second kappa shape index (κ2) is 6.75. The molecule has 1 rings (SSSR count). The average molecular weight is 314 g/mol. The summed E-state index contributed by atoms with van der Waals surface area (Å²) < 4.78 is 0.953. The van der Waals surface area contributed by atoms with E-state index in [1.54, 1.807) is 0 Å². The summed E-state index contributed by atoms with van der Waals surface area (Å²) in [6.07, 6.45) is 0. The van der Waals surface area contributed by atoms with Gasteiger partial charge < -0.3 is 11.5 Å². The first kappa shape index (κ1) is 15.0. The fraction of sp³-hybridized carbons (Fsp3) is 0.462. The molecule has 0 atom stereocenters. The summed E-state index contributed by atoms with van der Waals surface area (Å²) in [5.74, 6) is 0.160. The van der Waals surface area contributed by atoms with E-state index >= 15 is 0 Å². The van der Waals surface area contributed by atoms with E-state index in [0.29, 0.717) is 12.5 Å². The molecule has 0 saturated carbocycles. The zero-order valence-electron chi connectivity index (χ0n) is 10.8. The lowest BCUT2D eigenvalue weighted by Gasteiger charge is -2.23. The van der Waals surface area contributed by atoms with E-state index in [0.717, 1.165) is 22.3 Å². The van der Waals surface area contributed by atoms with Crippen LogP contribution in [0.3, 0.4) is 0 Å². The lowest BCUT2D eigenvalue weighted by molar-refractivity contribution is -0.119. The van der Waals surface area contributed by atoms with E-state index in [1.165, 1.54) is 0 Å². The Morgan fingerprint density at radius 3 is 2.61 bits per heavy atom. The predicted octanol–water partition coefficient (Wildman–Crippen LogP) is 1.97. The second-order valence-electron chi connectivity index (χ2n) is 4.87. The molecular weight excluding hydrogens is 294 g/mol. The van der Waals surface area contributed by atoms with Gasteiger partial charge in [0.2, 0.25) is 5.91 Å². The number of primary amides is 1. The van der Waals surface area contributed by atoms with Gasteiger partial charge >= 0.3 is 0 Å². The van der Waals surface area contributed by atoms with Crippen LogP contribution in [0.4, 0.5) is 5.69 Å². The number of anilines is 1. The average Bonchev–Trinajstić information content (AvgIpc) is 2.20. The molecule has 1 amide bonds. The van der Waals surface area contributed by atoms with Crippen LogP contribution in [0.25, 0.3) is 0 Å². The van der Waals surface area contributed by atoms with Crippen LogP contribution < -0.4 is 11.5 Å². The number of hydrogen-bond donors (Lipinski definition) is 2. The molecule has 0 aliphatic heterocycles. The van der Waals surface area contributed by atoms with Gasteiger partial charge in [-0.05, 0) is 23.6 Å². The molecule has 4 nitrogen and oxygen atoms in total. The number of hydrogen-bond acceptors (Lipinski definition) is 3. The van der Waals surface area contributed by atoms with E-state index in [2.05, 4.69) is 29.8 Å². The van der Waals surface area contributed by atoms with Crippen molar-refractivity contribution in [2.45, 2.75) is 20.4 Å². The molecule has 0 bridgehead atoms. The summed E-state index contributed by atoms with van der Waals surface area (Å²) in [6, 6.07) is 5.78. The van der Waals surface area contributed by atoms with E-state index in [-0.39, 0.29) is 12.5 Å². The molecule has 18 heavy (non-hydrogen) atoms. The van der Waals surface area contributed by atoms with Crippen molar-refractivity contribution in [3.05, 3.63) is 28.2 Å². The van der Waals surface area contributed by atoms with E-state index in [1.807, 2.05) is 23.1 Å². The topological polar surface area (TPSA) is 72.3 Å². The minimum atomic E-state index is -0.314. The summed E-state index contributed by atoms with van der Waals surface area (Å²) >= 11 is 3.38. The fourth-order valence-electron chi connectivity index (χ4n) is 1.87. The molecule has 0 unspecified atom stereocenters. The summed E-state index contributed by atoms with van der Waals surface area (Å²) in [4.78, 5) is 13.1. The highest BCUT2D eigenvalue weighted by atomic mass is 79.9. The van der Waals surface area contributed by atoms with Crippen LogP contribution in [0.2, 0.25) is 0 Å². The molecule has 1 aromatic rings. The SMILES string of the molecule is CC(C)CN(CC(N)=O)Cc1ccc(Br)cc1N. The van der Waals surface area contributed by atoms with Crippen molar-refractivity contribution in [3.8, 4) is 0 Å². The number of nitrogen functional groups attached to an aromatic ring is 1. The number of halogens is 1. The van der Waals surface area contributed by atoms with Crippen LogP contribution in [0.5, 0.6) is 0 Å². The maximum atomic E-state index is 11.1. The molecule has 5 heteroatoms. The lowest BCUT2D eigenvalue weighted by Crippen LogP contribution is -2.35. The summed E-state index contributed by atoms with van der Waals surface area (Å²) in [5.41, 5.74) is 13.0. The first-order chi connectivity index (χ1) is 8.38. The van der Waals surface area contributed by atoms with Crippen molar-refractivity contribution >= 4 is 27.5 Å². The Kier molecular flexibility index (Phi) is 5.62.